The van der Waals surface area contributed by atoms with E-state index in [1.54, 1.807) is 46.8 Å². The third-order valence-electron chi connectivity index (χ3n) is 4.35. The molecule has 2 aromatic carbocycles. The van der Waals surface area contributed by atoms with Crippen molar-refractivity contribution < 1.29 is 18.9 Å². The quantitative estimate of drug-likeness (QED) is 0.492. The highest BCUT2D eigenvalue weighted by molar-refractivity contribution is 5.89. The number of hydrogen-bond donors (Lipinski definition) is 1. The summed E-state index contributed by atoms with van der Waals surface area (Å²) in [6.45, 7) is 2.03. The van der Waals surface area contributed by atoms with Crippen LogP contribution in [-0.2, 0) is 0 Å². The first kappa shape index (κ1) is 19.3. The summed E-state index contributed by atoms with van der Waals surface area (Å²) in [4.78, 5) is 4.60. The Morgan fingerprint density at radius 2 is 1.54 bits per heavy atom. The number of nitrogens with one attached hydrogen (secondary N) is 1. The number of methoxy groups -OCH3 is 4. The molecular weight excluding hydrogens is 358 g/mol. The van der Waals surface area contributed by atoms with Crippen molar-refractivity contribution in [1.29, 1.82) is 0 Å². The molecule has 0 radical (unpaired) electrons. The molecule has 7 heteroatoms. The minimum atomic E-state index is 0.592. The van der Waals surface area contributed by atoms with E-state index in [-0.39, 0.29) is 0 Å². The van der Waals surface area contributed by atoms with Gasteiger partial charge in [0.15, 0.2) is 0 Å². The Labute approximate surface area is 163 Å². The molecule has 146 valence electrons. The molecule has 7 nitrogen and oxygen atoms in total. The number of hydrogen-bond acceptors (Lipinski definition) is 7. The first-order valence-corrected chi connectivity index (χ1v) is 8.64. The Hall–Kier alpha value is -3.48. The summed E-state index contributed by atoms with van der Waals surface area (Å²) in [7, 11) is 6.39. The SMILES string of the molecule is COc1cc(OC)c(C=NNc2cc(C)c3ccc(OC)cc3n2)c(OC)c1. The molecule has 0 bridgehead atoms. The maximum absolute atomic E-state index is 5.43. The molecule has 0 fully saturated rings. The van der Waals surface area contributed by atoms with Gasteiger partial charge in [-0.25, -0.2) is 4.98 Å². The van der Waals surface area contributed by atoms with E-state index in [9.17, 15) is 0 Å². The van der Waals surface area contributed by atoms with Gasteiger partial charge >= 0.3 is 0 Å². The van der Waals surface area contributed by atoms with E-state index in [2.05, 4.69) is 15.5 Å². The van der Waals surface area contributed by atoms with Crippen LogP contribution < -0.4 is 24.4 Å². The van der Waals surface area contributed by atoms with Gasteiger partial charge in [0, 0.05) is 23.6 Å². The first-order chi connectivity index (χ1) is 13.6. The van der Waals surface area contributed by atoms with Gasteiger partial charge in [0.1, 0.15) is 28.8 Å². The van der Waals surface area contributed by atoms with Crippen LogP contribution in [0.25, 0.3) is 10.9 Å². The molecule has 0 saturated heterocycles. The summed E-state index contributed by atoms with van der Waals surface area (Å²) >= 11 is 0. The van der Waals surface area contributed by atoms with Gasteiger partial charge in [0.25, 0.3) is 0 Å². The lowest BCUT2D eigenvalue weighted by Crippen LogP contribution is -2.00. The second kappa shape index (κ2) is 8.47. The van der Waals surface area contributed by atoms with E-state index in [1.165, 1.54) is 0 Å². The normalized spacial score (nSPS) is 10.9. The smallest absolute Gasteiger partial charge is 0.147 e. The highest BCUT2D eigenvalue weighted by Crippen LogP contribution is 2.32. The summed E-state index contributed by atoms with van der Waals surface area (Å²) < 4.78 is 21.4. The van der Waals surface area contributed by atoms with Gasteiger partial charge < -0.3 is 18.9 Å². The molecule has 3 rings (SSSR count). The molecule has 28 heavy (non-hydrogen) atoms. The summed E-state index contributed by atoms with van der Waals surface area (Å²) in [6.07, 6.45) is 1.63. The average molecular weight is 381 g/mol. The highest BCUT2D eigenvalue weighted by atomic mass is 16.5. The number of rotatable bonds is 7. The van der Waals surface area contributed by atoms with Gasteiger partial charge in [0.2, 0.25) is 0 Å². The first-order valence-electron chi connectivity index (χ1n) is 8.64. The van der Waals surface area contributed by atoms with Gasteiger partial charge in [-0.2, -0.15) is 5.10 Å². The van der Waals surface area contributed by atoms with Crippen LogP contribution in [0.1, 0.15) is 11.1 Å². The van der Waals surface area contributed by atoms with Crippen LogP contribution in [0.4, 0.5) is 5.82 Å². The van der Waals surface area contributed by atoms with Crippen molar-refractivity contribution in [2.75, 3.05) is 33.9 Å². The van der Waals surface area contributed by atoms with Crippen molar-refractivity contribution in [2.45, 2.75) is 6.92 Å². The van der Waals surface area contributed by atoms with Crippen LogP contribution in [0.2, 0.25) is 0 Å². The van der Waals surface area contributed by atoms with Crippen LogP contribution in [0.5, 0.6) is 23.0 Å². The Balaban J connectivity index is 1.90. The molecular formula is C21H23N3O4. The van der Waals surface area contributed by atoms with Crippen LogP contribution >= 0.6 is 0 Å². The molecule has 1 aromatic heterocycles. The number of fused-ring (bicyclic) bond motifs is 1. The van der Waals surface area contributed by atoms with Crippen molar-refractivity contribution in [3.8, 4) is 23.0 Å². The molecule has 0 aliphatic carbocycles. The van der Waals surface area contributed by atoms with Gasteiger partial charge in [-0.1, -0.05) is 0 Å². The lowest BCUT2D eigenvalue weighted by molar-refractivity contribution is 0.374. The fourth-order valence-electron chi connectivity index (χ4n) is 2.89. The number of aryl methyl sites for hydroxylation is 1. The van der Waals surface area contributed by atoms with Gasteiger partial charge in [-0.05, 0) is 30.7 Å². The summed E-state index contributed by atoms with van der Waals surface area (Å²) in [5.41, 5.74) is 5.58. The maximum atomic E-state index is 5.43. The molecule has 0 aliphatic heterocycles. The molecule has 0 aliphatic rings. The van der Waals surface area contributed by atoms with E-state index in [1.807, 2.05) is 31.2 Å². The topological polar surface area (TPSA) is 74.2 Å². The number of anilines is 1. The van der Waals surface area contributed by atoms with Crippen LogP contribution in [0.3, 0.4) is 0 Å². The van der Waals surface area contributed by atoms with Crippen LogP contribution in [0, 0.1) is 6.92 Å². The molecule has 0 saturated carbocycles. The Kier molecular flexibility index (Phi) is 5.84. The Bertz CT molecular complexity index is 993. The third-order valence-corrected chi connectivity index (χ3v) is 4.35. The van der Waals surface area contributed by atoms with Crippen molar-refractivity contribution >= 4 is 22.9 Å². The van der Waals surface area contributed by atoms with Crippen LogP contribution in [0.15, 0.2) is 41.5 Å². The monoisotopic (exact) mass is 381 g/mol. The second-order valence-corrected chi connectivity index (χ2v) is 6.02. The zero-order valence-electron chi connectivity index (χ0n) is 16.6. The predicted octanol–water partition coefficient (Wildman–Crippen LogP) is 4.02. The largest absolute Gasteiger partial charge is 0.497 e. The molecule has 0 atom stereocenters. The summed E-state index contributed by atoms with van der Waals surface area (Å²) in [5.74, 6) is 3.21. The molecule has 0 spiro atoms. The molecule has 1 N–H and O–H groups in total. The molecule has 0 amide bonds. The Morgan fingerprint density at radius 1 is 0.857 bits per heavy atom. The van der Waals surface area contributed by atoms with Gasteiger partial charge in [-0.3, -0.25) is 5.43 Å². The Morgan fingerprint density at radius 3 is 2.14 bits per heavy atom. The van der Waals surface area contributed by atoms with E-state index >= 15 is 0 Å². The lowest BCUT2D eigenvalue weighted by Gasteiger charge is -2.12. The van der Waals surface area contributed by atoms with Crippen molar-refractivity contribution in [3.63, 3.8) is 0 Å². The maximum Gasteiger partial charge on any atom is 0.147 e. The number of hydrazone groups is 1. The lowest BCUT2D eigenvalue weighted by atomic mass is 10.1. The zero-order chi connectivity index (χ0) is 20.1. The van der Waals surface area contributed by atoms with E-state index in [4.69, 9.17) is 18.9 Å². The standard InChI is InChI=1S/C21H23N3O4/c1-13-8-21(23-18-9-14(25-2)6-7-16(13)18)24-22-12-17-19(27-4)10-15(26-3)11-20(17)28-5/h6-12H,1-5H3,(H,23,24). The van der Waals surface area contributed by atoms with E-state index in [0.29, 0.717) is 28.6 Å². The third kappa shape index (κ3) is 3.93. The minimum Gasteiger partial charge on any atom is -0.497 e. The number of benzene rings is 2. The van der Waals surface area contributed by atoms with Gasteiger partial charge in [0.05, 0.1) is 45.7 Å². The number of aromatic nitrogens is 1. The zero-order valence-corrected chi connectivity index (χ0v) is 16.6. The van der Waals surface area contributed by atoms with Crippen molar-refractivity contribution in [2.24, 2.45) is 5.10 Å². The van der Waals surface area contributed by atoms with Crippen molar-refractivity contribution in [3.05, 3.63) is 47.5 Å². The average Bonchev–Trinajstić information content (AvgIpc) is 2.73. The second-order valence-electron chi connectivity index (χ2n) is 6.02. The van der Waals surface area contributed by atoms with Crippen LogP contribution in [-0.4, -0.2) is 39.6 Å². The van der Waals surface area contributed by atoms with Gasteiger partial charge in [-0.15, -0.1) is 0 Å². The molecule has 3 aromatic rings. The molecule has 1 heterocycles. The summed E-state index contributed by atoms with van der Waals surface area (Å²) in [5, 5.41) is 5.37. The minimum absolute atomic E-state index is 0.592. The van der Waals surface area contributed by atoms with E-state index < -0.39 is 0 Å². The number of ether oxygens (including phenoxy) is 4. The molecule has 0 unspecified atom stereocenters. The predicted molar refractivity (Wildman–Crippen MR) is 110 cm³/mol. The number of nitrogens with zero attached hydrogens (tertiary/aromatic N) is 2. The van der Waals surface area contributed by atoms with Crippen molar-refractivity contribution in [1.82, 2.24) is 4.98 Å². The number of pyridine rings is 1. The highest BCUT2D eigenvalue weighted by Gasteiger charge is 2.11. The van der Waals surface area contributed by atoms with E-state index in [0.717, 1.165) is 22.2 Å². The summed E-state index contributed by atoms with van der Waals surface area (Å²) in [6, 6.07) is 11.3. The fraction of sp³-hybridized carbons (Fsp3) is 0.238. The fourth-order valence-corrected chi connectivity index (χ4v) is 2.89.